The number of likely N-dealkylation sites (N-methyl/N-ethyl adjacent to an activating group) is 1. The van der Waals surface area contributed by atoms with Gasteiger partial charge in [-0.3, -0.25) is 4.79 Å². The molecule has 23 heavy (non-hydrogen) atoms. The lowest BCUT2D eigenvalue weighted by atomic mass is 10.1. The molecule has 122 valence electrons. The highest BCUT2D eigenvalue weighted by Crippen LogP contribution is 2.18. The SMILES string of the molecule is COc1ccc(C)cc1C[NH+](C)CC(=O)NCc1ccccc1. The average molecular weight is 313 g/mol. The number of hydrogen-bond acceptors (Lipinski definition) is 2. The fraction of sp³-hybridized carbons (Fsp3) is 0.316. The van der Waals surface area contributed by atoms with Crippen molar-refractivity contribution in [3.05, 3.63) is 65.2 Å². The fourth-order valence-corrected chi connectivity index (χ4v) is 2.57. The molecule has 2 aromatic rings. The first-order valence-electron chi connectivity index (χ1n) is 7.84. The summed E-state index contributed by atoms with van der Waals surface area (Å²) in [6, 6.07) is 16.1. The Kier molecular flexibility index (Phi) is 6.18. The van der Waals surface area contributed by atoms with E-state index >= 15 is 0 Å². The predicted molar refractivity (Wildman–Crippen MR) is 91.5 cm³/mol. The zero-order valence-corrected chi connectivity index (χ0v) is 14.1. The van der Waals surface area contributed by atoms with Crippen LogP contribution in [0.2, 0.25) is 0 Å². The summed E-state index contributed by atoms with van der Waals surface area (Å²) in [5, 5.41) is 2.96. The summed E-state index contributed by atoms with van der Waals surface area (Å²) in [6.07, 6.45) is 0. The van der Waals surface area contributed by atoms with Gasteiger partial charge in [0.15, 0.2) is 6.54 Å². The molecule has 0 aliphatic carbocycles. The van der Waals surface area contributed by atoms with Crippen molar-refractivity contribution < 1.29 is 14.4 Å². The lowest BCUT2D eigenvalue weighted by Gasteiger charge is -2.16. The fourth-order valence-electron chi connectivity index (χ4n) is 2.57. The van der Waals surface area contributed by atoms with Crippen LogP contribution < -0.4 is 15.0 Å². The minimum absolute atomic E-state index is 0.0537. The second-order valence-electron chi connectivity index (χ2n) is 5.89. The largest absolute Gasteiger partial charge is 0.496 e. The van der Waals surface area contributed by atoms with Gasteiger partial charge in [-0.1, -0.05) is 42.0 Å². The maximum absolute atomic E-state index is 12.1. The molecule has 1 amide bonds. The number of ether oxygens (including phenoxy) is 1. The van der Waals surface area contributed by atoms with Crippen LogP contribution in [0.5, 0.6) is 5.75 Å². The van der Waals surface area contributed by atoms with Crippen LogP contribution in [-0.4, -0.2) is 26.6 Å². The van der Waals surface area contributed by atoms with Crippen LogP contribution in [0.4, 0.5) is 0 Å². The lowest BCUT2D eigenvalue weighted by Crippen LogP contribution is -3.08. The number of nitrogens with one attached hydrogen (secondary N) is 2. The van der Waals surface area contributed by atoms with Gasteiger partial charge in [0.2, 0.25) is 0 Å². The third-order valence-corrected chi connectivity index (χ3v) is 3.72. The highest BCUT2D eigenvalue weighted by molar-refractivity contribution is 5.76. The number of carbonyl (C=O) groups excluding carboxylic acids is 1. The number of aryl methyl sites for hydroxylation is 1. The molecule has 2 aromatic carbocycles. The van der Waals surface area contributed by atoms with Gasteiger partial charge < -0.3 is 15.0 Å². The average Bonchev–Trinajstić information content (AvgIpc) is 2.54. The summed E-state index contributed by atoms with van der Waals surface area (Å²) in [7, 11) is 3.69. The van der Waals surface area contributed by atoms with Crippen LogP contribution in [-0.2, 0) is 17.9 Å². The van der Waals surface area contributed by atoms with Crippen LogP contribution in [0.25, 0.3) is 0 Å². The molecule has 0 fully saturated rings. The Labute approximate surface area is 138 Å². The molecule has 0 saturated heterocycles. The quantitative estimate of drug-likeness (QED) is 0.810. The van der Waals surface area contributed by atoms with Gasteiger partial charge in [0, 0.05) is 12.1 Å². The van der Waals surface area contributed by atoms with Crippen molar-refractivity contribution in [2.75, 3.05) is 20.7 Å². The number of quaternary nitrogens is 1. The Balaban J connectivity index is 1.85. The number of carbonyl (C=O) groups is 1. The third kappa shape index (κ3) is 5.42. The van der Waals surface area contributed by atoms with E-state index in [9.17, 15) is 4.79 Å². The second kappa shape index (κ2) is 8.34. The first kappa shape index (κ1) is 17.0. The molecule has 0 aromatic heterocycles. The molecule has 0 aliphatic rings. The molecule has 0 radical (unpaired) electrons. The Morgan fingerprint density at radius 2 is 1.91 bits per heavy atom. The molecule has 4 heteroatoms. The molecular formula is C19H25N2O2+. The summed E-state index contributed by atoms with van der Waals surface area (Å²) >= 11 is 0. The maximum atomic E-state index is 12.1. The number of rotatable bonds is 7. The minimum atomic E-state index is 0.0537. The summed E-state index contributed by atoms with van der Waals surface area (Å²) in [5.74, 6) is 0.928. The van der Waals surface area contributed by atoms with E-state index in [1.165, 1.54) is 5.56 Å². The summed E-state index contributed by atoms with van der Waals surface area (Å²) in [4.78, 5) is 13.2. The zero-order chi connectivity index (χ0) is 16.7. The van der Waals surface area contributed by atoms with Crippen molar-refractivity contribution in [1.29, 1.82) is 0 Å². The Morgan fingerprint density at radius 3 is 2.61 bits per heavy atom. The van der Waals surface area contributed by atoms with Gasteiger partial charge in [0.25, 0.3) is 5.91 Å². The summed E-state index contributed by atoms with van der Waals surface area (Å²) in [5.41, 5.74) is 3.43. The summed E-state index contributed by atoms with van der Waals surface area (Å²) in [6.45, 7) is 3.82. The summed E-state index contributed by atoms with van der Waals surface area (Å²) < 4.78 is 5.40. The van der Waals surface area contributed by atoms with Crippen LogP contribution in [0, 0.1) is 6.92 Å². The van der Waals surface area contributed by atoms with Gasteiger partial charge in [-0.05, 0) is 24.6 Å². The molecule has 0 heterocycles. The van der Waals surface area contributed by atoms with Crippen molar-refractivity contribution in [2.45, 2.75) is 20.0 Å². The first-order valence-corrected chi connectivity index (χ1v) is 7.84. The van der Waals surface area contributed by atoms with E-state index in [1.807, 2.05) is 49.5 Å². The smallest absolute Gasteiger partial charge is 0.275 e. The van der Waals surface area contributed by atoms with Gasteiger partial charge in [-0.2, -0.15) is 0 Å². The Morgan fingerprint density at radius 1 is 1.17 bits per heavy atom. The van der Waals surface area contributed by atoms with Crippen molar-refractivity contribution in [1.82, 2.24) is 5.32 Å². The molecule has 2 N–H and O–H groups in total. The highest BCUT2D eigenvalue weighted by atomic mass is 16.5. The van der Waals surface area contributed by atoms with Crippen LogP contribution in [0.1, 0.15) is 16.7 Å². The standard InChI is InChI=1S/C19H24N2O2/c1-15-9-10-18(23-3)17(11-15)13-21(2)14-19(22)20-12-16-7-5-4-6-8-16/h4-11H,12-14H2,1-3H3,(H,20,22)/p+1. The van der Waals surface area contributed by atoms with Crippen molar-refractivity contribution in [2.24, 2.45) is 0 Å². The first-order chi connectivity index (χ1) is 11.1. The van der Waals surface area contributed by atoms with Gasteiger partial charge in [-0.15, -0.1) is 0 Å². The minimum Gasteiger partial charge on any atom is -0.496 e. The second-order valence-corrected chi connectivity index (χ2v) is 5.89. The number of hydrogen-bond donors (Lipinski definition) is 2. The number of amides is 1. The van der Waals surface area contributed by atoms with E-state index in [2.05, 4.69) is 18.3 Å². The molecular weight excluding hydrogens is 288 g/mol. The normalized spacial score (nSPS) is 11.8. The Bertz CT molecular complexity index is 641. The number of methoxy groups -OCH3 is 1. The van der Waals surface area contributed by atoms with Crippen molar-refractivity contribution >= 4 is 5.91 Å². The molecule has 4 nitrogen and oxygen atoms in total. The van der Waals surface area contributed by atoms with Gasteiger partial charge >= 0.3 is 0 Å². The molecule has 0 bridgehead atoms. The van der Waals surface area contributed by atoms with Crippen molar-refractivity contribution in [3.63, 3.8) is 0 Å². The van der Waals surface area contributed by atoms with Gasteiger partial charge in [0.1, 0.15) is 12.3 Å². The topological polar surface area (TPSA) is 42.8 Å². The third-order valence-electron chi connectivity index (χ3n) is 3.72. The molecule has 0 aliphatic heterocycles. The molecule has 0 spiro atoms. The van der Waals surface area contributed by atoms with Gasteiger partial charge in [0.05, 0.1) is 14.2 Å². The molecule has 2 rings (SSSR count). The van der Waals surface area contributed by atoms with E-state index in [0.717, 1.165) is 28.3 Å². The Hall–Kier alpha value is -2.33. The van der Waals surface area contributed by atoms with Crippen molar-refractivity contribution in [3.8, 4) is 5.75 Å². The van der Waals surface area contributed by atoms with Crippen LogP contribution >= 0.6 is 0 Å². The number of benzene rings is 2. The van der Waals surface area contributed by atoms with Crippen LogP contribution in [0.15, 0.2) is 48.5 Å². The van der Waals surface area contributed by atoms with E-state index < -0.39 is 0 Å². The van der Waals surface area contributed by atoms with E-state index in [0.29, 0.717) is 13.1 Å². The maximum Gasteiger partial charge on any atom is 0.275 e. The van der Waals surface area contributed by atoms with E-state index in [1.54, 1.807) is 7.11 Å². The van der Waals surface area contributed by atoms with Gasteiger partial charge in [-0.25, -0.2) is 0 Å². The van der Waals surface area contributed by atoms with E-state index in [4.69, 9.17) is 4.74 Å². The van der Waals surface area contributed by atoms with E-state index in [-0.39, 0.29) is 5.91 Å². The molecule has 0 saturated carbocycles. The highest BCUT2D eigenvalue weighted by Gasteiger charge is 2.13. The lowest BCUT2D eigenvalue weighted by molar-refractivity contribution is -0.885. The molecule has 1 unspecified atom stereocenters. The predicted octanol–water partition coefficient (Wildman–Crippen LogP) is 1.33. The van der Waals surface area contributed by atoms with Crippen LogP contribution in [0.3, 0.4) is 0 Å². The zero-order valence-electron chi connectivity index (χ0n) is 14.1. The molecule has 1 atom stereocenters. The monoisotopic (exact) mass is 313 g/mol.